The Morgan fingerprint density at radius 2 is 2.03 bits per heavy atom. The number of benzene rings is 1. The highest BCUT2D eigenvalue weighted by Gasteiger charge is 2.13. The lowest BCUT2D eigenvalue weighted by Crippen LogP contribution is -2.26. The third-order valence-corrected chi connectivity index (χ3v) is 5.78. The number of carbonyl (C=O) groups is 1. The van der Waals surface area contributed by atoms with E-state index in [0.29, 0.717) is 53.7 Å². The van der Waals surface area contributed by atoms with Crippen molar-refractivity contribution in [2.24, 2.45) is 7.05 Å². The molecule has 0 atom stereocenters. The van der Waals surface area contributed by atoms with E-state index in [4.69, 9.17) is 4.42 Å². The summed E-state index contributed by atoms with van der Waals surface area (Å²) in [4.78, 5) is 29.3. The smallest absolute Gasteiger partial charge is 0.257 e. The molecule has 0 saturated carbocycles. The Kier molecular flexibility index (Phi) is 7.46. The van der Waals surface area contributed by atoms with Gasteiger partial charge in [-0.15, -0.1) is 0 Å². The number of furan rings is 1. The second-order valence-electron chi connectivity index (χ2n) is 6.93. The summed E-state index contributed by atoms with van der Waals surface area (Å²) in [6.07, 6.45) is 3.04. The van der Waals surface area contributed by atoms with Gasteiger partial charge in [0, 0.05) is 36.9 Å². The minimum atomic E-state index is -0.303. The van der Waals surface area contributed by atoms with Crippen LogP contribution >= 0.6 is 11.8 Å². The van der Waals surface area contributed by atoms with Crippen LogP contribution < -0.4 is 10.9 Å². The molecule has 0 aliphatic heterocycles. The number of aromatic nitrogens is 2. The SMILES string of the molecule is Cc1nc(SCCCC(=O)NCc2ccco2)n(C)c(=O)c1Cc1ccc(F)cc1. The average molecular weight is 430 g/mol. The van der Waals surface area contributed by atoms with E-state index in [1.807, 2.05) is 13.0 Å². The third-order valence-electron chi connectivity index (χ3n) is 4.66. The molecule has 0 bridgehead atoms. The molecule has 1 aromatic carbocycles. The Balaban J connectivity index is 1.53. The first-order valence-electron chi connectivity index (χ1n) is 9.67. The molecule has 6 nitrogen and oxygen atoms in total. The maximum atomic E-state index is 13.1. The zero-order valence-corrected chi connectivity index (χ0v) is 17.8. The van der Waals surface area contributed by atoms with Gasteiger partial charge in [0.15, 0.2) is 5.16 Å². The molecule has 30 heavy (non-hydrogen) atoms. The van der Waals surface area contributed by atoms with Gasteiger partial charge >= 0.3 is 0 Å². The van der Waals surface area contributed by atoms with E-state index in [1.165, 1.54) is 28.5 Å². The number of thioether (sulfide) groups is 1. The van der Waals surface area contributed by atoms with Crippen molar-refractivity contribution in [2.45, 2.75) is 37.9 Å². The molecule has 1 amide bonds. The predicted molar refractivity (Wildman–Crippen MR) is 114 cm³/mol. The zero-order valence-electron chi connectivity index (χ0n) is 17.0. The van der Waals surface area contributed by atoms with Crippen molar-refractivity contribution in [3.8, 4) is 0 Å². The number of rotatable bonds is 9. The van der Waals surface area contributed by atoms with Crippen molar-refractivity contribution in [2.75, 3.05) is 5.75 Å². The molecule has 0 spiro atoms. The van der Waals surface area contributed by atoms with Gasteiger partial charge in [-0.1, -0.05) is 23.9 Å². The lowest BCUT2D eigenvalue weighted by atomic mass is 10.1. The number of amides is 1. The maximum absolute atomic E-state index is 13.1. The average Bonchev–Trinajstić information content (AvgIpc) is 3.25. The first kappa shape index (κ1) is 21.8. The van der Waals surface area contributed by atoms with Crippen LogP contribution in [-0.4, -0.2) is 21.2 Å². The van der Waals surface area contributed by atoms with Gasteiger partial charge in [-0.2, -0.15) is 0 Å². The molecule has 2 aromatic heterocycles. The summed E-state index contributed by atoms with van der Waals surface area (Å²) in [5, 5.41) is 3.43. The molecule has 158 valence electrons. The molecule has 0 aliphatic rings. The highest BCUT2D eigenvalue weighted by Crippen LogP contribution is 2.18. The highest BCUT2D eigenvalue weighted by molar-refractivity contribution is 7.99. The number of nitrogens with zero attached hydrogens (tertiary/aromatic N) is 2. The zero-order chi connectivity index (χ0) is 21.5. The third kappa shape index (κ3) is 5.82. The Morgan fingerprint density at radius 3 is 2.73 bits per heavy atom. The van der Waals surface area contributed by atoms with Crippen LogP contribution in [0.15, 0.2) is 57.0 Å². The Hall–Kier alpha value is -2.87. The van der Waals surface area contributed by atoms with E-state index in [-0.39, 0.29) is 17.3 Å². The molecule has 0 radical (unpaired) electrons. The van der Waals surface area contributed by atoms with Gasteiger partial charge in [-0.25, -0.2) is 9.37 Å². The number of carbonyl (C=O) groups excluding carboxylic acids is 1. The predicted octanol–water partition coefficient (Wildman–Crippen LogP) is 3.60. The monoisotopic (exact) mass is 429 g/mol. The summed E-state index contributed by atoms with van der Waals surface area (Å²) >= 11 is 1.45. The normalized spacial score (nSPS) is 10.9. The summed E-state index contributed by atoms with van der Waals surface area (Å²) in [6.45, 7) is 2.19. The highest BCUT2D eigenvalue weighted by atomic mass is 32.2. The Bertz CT molecular complexity index is 1050. The quantitative estimate of drug-likeness (QED) is 0.320. The first-order valence-corrected chi connectivity index (χ1v) is 10.7. The minimum Gasteiger partial charge on any atom is -0.467 e. The standard InChI is InChI=1S/C22H24FN3O3S/c1-15-19(13-16-7-9-17(23)10-8-16)21(28)26(2)22(25-15)30-12-4-6-20(27)24-14-18-5-3-11-29-18/h3,5,7-11H,4,6,12-14H2,1-2H3,(H,24,27). The lowest BCUT2D eigenvalue weighted by molar-refractivity contribution is -0.121. The number of halogens is 1. The fraction of sp³-hybridized carbons (Fsp3) is 0.318. The Morgan fingerprint density at radius 1 is 1.27 bits per heavy atom. The molecular weight excluding hydrogens is 405 g/mol. The number of aryl methyl sites for hydroxylation is 1. The summed E-state index contributed by atoms with van der Waals surface area (Å²) in [6, 6.07) is 9.71. The second-order valence-corrected chi connectivity index (χ2v) is 8.00. The van der Waals surface area contributed by atoms with Crippen LogP contribution in [0.25, 0.3) is 0 Å². The number of hydrogen-bond donors (Lipinski definition) is 1. The van der Waals surface area contributed by atoms with E-state index in [0.717, 1.165) is 5.56 Å². The molecule has 0 saturated heterocycles. The van der Waals surface area contributed by atoms with Crippen molar-refractivity contribution in [1.29, 1.82) is 0 Å². The van der Waals surface area contributed by atoms with E-state index < -0.39 is 0 Å². The lowest BCUT2D eigenvalue weighted by Gasteiger charge is -2.12. The van der Waals surface area contributed by atoms with Crippen molar-refractivity contribution >= 4 is 17.7 Å². The molecule has 3 rings (SSSR count). The molecule has 0 aliphatic carbocycles. The molecule has 8 heteroatoms. The summed E-state index contributed by atoms with van der Waals surface area (Å²) < 4.78 is 19.8. The van der Waals surface area contributed by atoms with E-state index in [2.05, 4.69) is 10.3 Å². The van der Waals surface area contributed by atoms with Gasteiger partial charge < -0.3 is 9.73 Å². The fourth-order valence-corrected chi connectivity index (χ4v) is 3.90. The number of nitrogens with one attached hydrogen (secondary N) is 1. The minimum absolute atomic E-state index is 0.0420. The van der Waals surface area contributed by atoms with Crippen LogP contribution in [0, 0.1) is 12.7 Å². The molecule has 0 unspecified atom stereocenters. The van der Waals surface area contributed by atoms with Crippen LogP contribution in [0.5, 0.6) is 0 Å². The first-order chi connectivity index (χ1) is 14.4. The summed E-state index contributed by atoms with van der Waals surface area (Å²) in [5.41, 5.74) is 2.02. The van der Waals surface area contributed by atoms with Gasteiger partial charge in [-0.05, 0) is 43.2 Å². The largest absolute Gasteiger partial charge is 0.467 e. The maximum Gasteiger partial charge on any atom is 0.257 e. The summed E-state index contributed by atoms with van der Waals surface area (Å²) in [5.74, 6) is 1.04. The van der Waals surface area contributed by atoms with Crippen LogP contribution in [0.1, 0.15) is 35.4 Å². The van der Waals surface area contributed by atoms with Gasteiger partial charge in [0.05, 0.1) is 12.8 Å². The van der Waals surface area contributed by atoms with E-state index >= 15 is 0 Å². The molecule has 1 N–H and O–H groups in total. The van der Waals surface area contributed by atoms with E-state index in [9.17, 15) is 14.0 Å². The molecule has 3 aromatic rings. The van der Waals surface area contributed by atoms with Gasteiger partial charge in [-0.3, -0.25) is 14.2 Å². The molecular formula is C22H24FN3O3S. The fourth-order valence-electron chi connectivity index (χ4n) is 2.95. The van der Waals surface area contributed by atoms with Crippen LogP contribution in [0.3, 0.4) is 0 Å². The molecule has 0 fully saturated rings. The van der Waals surface area contributed by atoms with Crippen molar-refractivity contribution in [3.05, 3.63) is 81.4 Å². The van der Waals surface area contributed by atoms with Gasteiger partial charge in [0.25, 0.3) is 5.56 Å². The number of hydrogen-bond acceptors (Lipinski definition) is 5. The van der Waals surface area contributed by atoms with Gasteiger partial charge in [0.1, 0.15) is 11.6 Å². The summed E-state index contributed by atoms with van der Waals surface area (Å²) in [7, 11) is 1.70. The second kappa shape index (κ2) is 10.2. The van der Waals surface area contributed by atoms with Crippen molar-refractivity contribution < 1.29 is 13.6 Å². The van der Waals surface area contributed by atoms with Crippen LogP contribution in [-0.2, 0) is 24.8 Å². The van der Waals surface area contributed by atoms with Gasteiger partial charge in [0.2, 0.25) is 5.91 Å². The van der Waals surface area contributed by atoms with Crippen molar-refractivity contribution in [3.63, 3.8) is 0 Å². The van der Waals surface area contributed by atoms with Crippen molar-refractivity contribution in [1.82, 2.24) is 14.9 Å². The molecule has 2 heterocycles. The van der Waals surface area contributed by atoms with Crippen LogP contribution in [0.2, 0.25) is 0 Å². The Labute approximate surface area is 178 Å². The van der Waals surface area contributed by atoms with E-state index in [1.54, 1.807) is 31.5 Å². The topological polar surface area (TPSA) is 77.1 Å². The van der Waals surface area contributed by atoms with Crippen LogP contribution in [0.4, 0.5) is 4.39 Å².